The molecule has 0 spiro atoms. The van der Waals surface area contributed by atoms with E-state index in [-0.39, 0.29) is 0 Å². The molecule has 0 atom stereocenters. The van der Waals surface area contributed by atoms with E-state index < -0.39 is 0 Å². The molecular formula is C15H27NO2. The van der Waals surface area contributed by atoms with Crippen molar-refractivity contribution in [2.75, 3.05) is 26.3 Å². The van der Waals surface area contributed by atoms with Gasteiger partial charge < -0.3 is 9.64 Å². The topological polar surface area (TPSA) is 29.5 Å². The SMILES string of the molecule is CC(C)C1CCC(CC(=O)N2CCOCC2)CC1. The Labute approximate surface area is 111 Å². The number of rotatable bonds is 3. The maximum atomic E-state index is 12.2. The second kappa shape index (κ2) is 6.55. The van der Waals surface area contributed by atoms with Gasteiger partial charge in [-0.15, -0.1) is 0 Å². The molecule has 1 aliphatic carbocycles. The Hall–Kier alpha value is -0.570. The van der Waals surface area contributed by atoms with Crippen LogP contribution in [0.25, 0.3) is 0 Å². The lowest BCUT2D eigenvalue weighted by Gasteiger charge is -2.33. The third-order valence-electron chi connectivity index (χ3n) is 4.66. The molecule has 104 valence electrons. The van der Waals surface area contributed by atoms with Crippen molar-refractivity contribution in [3.05, 3.63) is 0 Å². The third-order valence-corrected chi connectivity index (χ3v) is 4.66. The molecule has 0 aromatic carbocycles. The smallest absolute Gasteiger partial charge is 0.223 e. The quantitative estimate of drug-likeness (QED) is 0.774. The molecule has 0 radical (unpaired) electrons. The highest BCUT2D eigenvalue weighted by molar-refractivity contribution is 5.76. The van der Waals surface area contributed by atoms with Gasteiger partial charge in [0.1, 0.15) is 0 Å². The summed E-state index contributed by atoms with van der Waals surface area (Å²) in [5.41, 5.74) is 0. The van der Waals surface area contributed by atoms with Crippen LogP contribution in [0.3, 0.4) is 0 Å². The number of morpholine rings is 1. The summed E-state index contributed by atoms with van der Waals surface area (Å²) < 4.78 is 5.29. The van der Waals surface area contributed by atoms with Gasteiger partial charge in [0.15, 0.2) is 0 Å². The normalized spacial score (nSPS) is 29.6. The van der Waals surface area contributed by atoms with Gasteiger partial charge in [-0.3, -0.25) is 4.79 Å². The van der Waals surface area contributed by atoms with Crippen LogP contribution in [0.15, 0.2) is 0 Å². The van der Waals surface area contributed by atoms with Crippen LogP contribution in [0.5, 0.6) is 0 Å². The zero-order chi connectivity index (χ0) is 13.0. The van der Waals surface area contributed by atoms with E-state index in [0.717, 1.165) is 31.3 Å². The first-order chi connectivity index (χ1) is 8.66. The molecule has 1 heterocycles. The van der Waals surface area contributed by atoms with Gasteiger partial charge in [-0.1, -0.05) is 13.8 Å². The monoisotopic (exact) mass is 253 g/mol. The van der Waals surface area contributed by atoms with Crippen molar-refractivity contribution in [1.29, 1.82) is 0 Å². The van der Waals surface area contributed by atoms with Gasteiger partial charge in [0, 0.05) is 19.5 Å². The molecule has 3 heteroatoms. The molecule has 0 N–H and O–H groups in total. The zero-order valence-corrected chi connectivity index (χ0v) is 11.9. The molecule has 18 heavy (non-hydrogen) atoms. The van der Waals surface area contributed by atoms with Gasteiger partial charge in [-0.2, -0.15) is 0 Å². The summed E-state index contributed by atoms with van der Waals surface area (Å²) in [6, 6.07) is 0. The molecule has 2 aliphatic rings. The van der Waals surface area contributed by atoms with Gasteiger partial charge in [0.25, 0.3) is 0 Å². The van der Waals surface area contributed by atoms with Crippen molar-refractivity contribution in [3.63, 3.8) is 0 Å². The summed E-state index contributed by atoms with van der Waals surface area (Å²) in [5.74, 6) is 2.68. The van der Waals surface area contributed by atoms with Crippen molar-refractivity contribution in [1.82, 2.24) is 4.90 Å². The predicted molar refractivity (Wildman–Crippen MR) is 72.3 cm³/mol. The van der Waals surface area contributed by atoms with Crippen molar-refractivity contribution < 1.29 is 9.53 Å². The number of nitrogens with zero attached hydrogens (tertiary/aromatic N) is 1. The van der Waals surface area contributed by atoms with Gasteiger partial charge in [0.2, 0.25) is 5.91 Å². The fraction of sp³-hybridized carbons (Fsp3) is 0.933. The molecule has 0 unspecified atom stereocenters. The summed E-state index contributed by atoms with van der Waals surface area (Å²) in [7, 11) is 0. The largest absolute Gasteiger partial charge is 0.378 e. The Balaban J connectivity index is 1.72. The van der Waals surface area contributed by atoms with Crippen LogP contribution in [0.4, 0.5) is 0 Å². The molecule has 0 aromatic rings. The third kappa shape index (κ3) is 3.71. The van der Waals surface area contributed by atoms with Crippen LogP contribution in [0, 0.1) is 17.8 Å². The molecule has 1 amide bonds. The van der Waals surface area contributed by atoms with E-state index in [1.807, 2.05) is 4.90 Å². The number of ether oxygens (including phenoxy) is 1. The average Bonchev–Trinajstić information content (AvgIpc) is 2.40. The molecule has 0 bridgehead atoms. The minimum absolute atomic E-state index is 0.353. The second-order valence-corrected chi connectivity index (χ2v) is 6.22. The Morgan fingerprint density at radius 3 is 2.33 bits per heavy atom. The summed E-state index contributed by atoms with van der Waals surface area (Å²) in [6.07, 6.45) is 5.90. The zero-order valence-electron chi connectivity index (χ0n) is 11.9. The van der Waals surface area contributed by atoms with E-state index in [9.17, 15) is 4.79 Å². The van der Waals surface area contributed by atoms with Crippen molar-refractivity contribution in [3.8, 4) is 0 Å². The first-order valence-electron chi connectivity index (χ1n) is 7.52. The highest BCUT2D eigenvalue weighted by atomic mass is 16.5. The Morgan fingerprint density at radius 1 is 1.17 bits per heavy atom. The molecule has 2 rings (SSSR count). The van der Waals surface area contributed by atoms with Crippen LogP contribution in [-0.2, 0) is 9.53 Å². The molecule has 1 saturated carbocycles. The first-order valence-corrected chi connectivity index (χ1v) is 7.52. The van der Waals surface area contributed by atoms with Crippen LogP contribution < -0.4 is 0 Å². The van der Waals surface area contributed by atoms with Crippen molar-refractivity contribution in [2.24, 2.45) is 17.8 Å². The molecule has 1 aliphatic heterocycles. The maximum absolute atomic E-state index is 12.2. The van der Waals surface area contributed by atoms with E-state index in [1.54, 1.807) is 0 Å². The highest BCUT2D eigenvalue weighted by Gasteiger charge is 2.26. The fourth-order valence-electron chi connectivity index (χ4n) is 3.25. The number of hydrogen-bond donors (Lipinski definition) is 0. The Kier molecular flexibility index (Phi) is 5.04. The molecule has 0 aromatic heterocycles. The maximum Gasteiger partial charge on any atom is 0.223 e. The summed E-state index contributed by atoms with van der Waals surface area (Å²) in [6.45, 7) is 7.66. The molecule has 2 fully saturated rings. The van der Waals surface area contributed by atoms with Gasteiger partial charge in [-0.25, -0.2) is 0 Å². The van der Waals surface area contributed by atoms with Gasteiger partial charge in [-0.05, 0) is 43.4 Å². The van der Waals surface area contributed by atoms with Crippen LogP contribution in [0.2, 0.25) is 0 Å². The summed E-state index contributed by atoms with van der Waals surface area (Å²) in [5, 5.41) is 0. The van der Waals surface area contributed by atoms with E-state index >= 15 is 0 Å². The van der Waals surface area contributed by atoms with Crippen molar-refractivity contribution >= 4 is 5.91 Å². The lowest BCUT2D eigenvalue weighted by atomic mass is 9.76. The van der Waals surface area contributed by atoms with E-state index in [2.05, 4.69) is 13.8 Å². The van der Waals surface area contributed by atoms with Crippen LogP contribution in [0.1, 0.15) is 46.0 Å². The van der Waals surface area contributed by atoms with Crippen molar-refractivity contribution in [2.45, 2.75) is 46.0 Å². The standard InChI is InChI=1S/C15H27NO2/c1-12(2)14-5-3-13(4-6-14)11-15(17)16-7-9-18-10-8-16/h12-14H,3-11H2,1-2H3. The van der Waals surface area contributed by atoms with Crippen LogP contribution >= 0.6 is 0 Å². The molecule has 3 nitrogen and oxygen atoms in total. The molecule has 1 saturated heterocycles. The lowest BCUT2D eigenvalue weighted by Crippen LogP contribution is -2.41. The number of amides is 1. The van der Waals surface area contributed by atoms with Crippen LogP contribution in [-0.4, -0.2) is 37.1 Å². The van der Waals surface area contributed by atoms with E-state index in [0.29, 0.717) is 25.0 Å². The fourth-order valence-corrected chi connectivity index (χ4v) is 3.25. The minimum atomic E-state index is 0.353. The summed E-state index contributed by atoms with van der Waals surface area (Å²) in [4.78, 5) is 14.1. The number of carbonyl (C=O) groups excluding carboxylic acids is 1. The predicted octanol–water partition coefficient (Wildman–Crippen LogP) is 2.70. The first kappa shape index (κ1) is 13.9. The Bertz CT molecular complexity index is 264. The highest BCUT2D eigenvalue weighted by Crippen LogP contribution is 2.34. The van der Waals surface area contributed by atoms with E-state index in [1.165, 1.54) is 25.7 Å². The Morgan fingerprint density at radius 2 is 1.78 bits per heavy atom. The molecular weight excluding hydrogens is 226 g/mol. The number of carbonyl (C=O) groups is 1. The van der Waals surface area contributed by atoms with Gasteiger partial charge >= 0.3 is 0 Å². The summed E-state index contributed by atoms with van der Waals surface area (Å²) >= 11 is 0. The second-order valence-electron chi connectivity index (χ2n) is 6.22. The lowest BCUT2D eigenvalue weighted by molar-refractivity contribution is -0.136. The van der Waals surface area contributed by atoms with E-state index in [4.69, 9.17) is 4.74 Å². The number of hydrogen-bond acceptors (Lipinski definition) is 2. The minimum Gasteiger partial charge on any atom is -0.378 e. The van der Waals surface area contributed by atoms with Gasteiger partial charge in [0.05, 0.1) is 13.2 Å². The average molecular weight is 253 g/mol.